The zero-order valence-electron chi connectivity index (χ0n) is 14.0. The van der Waals surface area contributed by atoms with Gasteiger partial charge in [-0.25, -0.2) is 0 Å². The van der Waals surface area contributed by atoms with Crippen LogP contribution in [0.2, 0.25) is 5.02 Å². The van der Waals surface area contributed by atoms with Crippen LogP contribution in [0.5, 0.6) is 5.75 Å². The van der Waals surface area contributed by atoms with E-state index < -0.39 is 5.60 Å². The molecular weight excluding hydrogens is 302 g/mol. The smallest absolute Gasteiger partial charge is 0.256 e. The number of ether oxygens (including phenoxy) is 2. The van der Waals surface area contributed by atoms with Crippen LogP contribution in [0, 0.1) is 5.92 Å². The molecule has 4 nitrogen and oxygen atoms in total. The molecule has 0 spiro atoms. The Morgan fingerprint density at radius 3 is 2.50 bits per heavy atom. The molecule has 1 aromatic rings. The zero-order chi connectivity index (χ0) is 16.8. The van der Waals surface area contributed by atoms with Gasteiger partial charge in [0.15, 0.2) is 0 Å². The van der Waals surface area contributed by atoms with Gasteiger partial charge >= 0.3 is 0 Å². The molecule has 0 saturated heterocycles. The van der Waals surface area contributed by atoms with Crippen molar-refractivity contribution in [1.29, 1.82) is 0 Å². The number of carbonyl (C=O) groups is 1. The summed E-state index contributed by atoms with van der Waals surface area (Å²) in [6.07, 6.45) is 0.650. The van der Waals surface area contributed by atoms with E-state index in [1.165, 1.54) is 0 Å². The normalized spacial score (nSPS) is 13.8. The van der Waals surface area contributed by atoms with Crippen LogP contribution < -0.4 is 10.1 Å². The predicted molar refractivity (Wildman–Crippen MR) is 90.7 cm³/mol. The molecule has 0 radical (unpaired) electrons. The molecule has 0 aliphatic rings. The van der Waals surface area contributed by atoms with E-state index in [0.29, 0.717) is 42.0 Å². The summed E-state index contributed by atoms with van der Waals surface area (Å²) in [7, 11) is 0. The number of carbonyl (C=O) groups excluding carboxylic acids is 1. The van der Waals surface area contributed by atoms with Crippen molar-refractivity contribution in [3.63, 3.8) is 0 Å². The number of hydrogen-bond donors (Lipinski definition) is 1. The van der Waals surface area contributed by atoms with Crippen LogP contribution in [-0.4, -0.2) is 24.7 Å². The number of benzene rings is 1. The van der Waals surface area contributed by atoms with Gasteiger partial charge in [-0.05, 0) is 51.3 Å². The van der Waals surface area contributed by atoms with Gasteiger partial charge in [-0.15, -0.1) is 0 Å². The summed E-state index contributed by atoms with van der Waals surface area (Å²) in [6.45, 7) is 10.8. The summed E-state index contributed by atoms with van der Waals surface area (Å²) in [5.41, 5.74) is -0.221. The highest BCUT2D eigenvalue weighted by Gasteiger charge is 2.34. The molecule has 124 valence electrons. The highest BCUT2D eigenvalue weighted by molar-refractivity contribution is 6.32. The molecule has 1 rings (SSSR count). The van der Waals surface area contributed by atoms with Crippen LogP contribution in [0.3, 0.4) is 0 Å². The zero-order valence-corrected chi connectivity index (χ0v) is 14.8. The summed E-state index contributed by atoms with van der Waals surface area (Å²) in [5.74, 6) is 0.798. The van der Waals surface area contributed by atoms with Crippen molar-refractivity contribution in [2.24, 2.45) is 5.92 Å². The van der Waals surface area contributed by atoms with Gasteiger partial charge in [0.05, 0.1) is 11.6 Å². The van der Waals surface area contributed by atoms with E-state index in [1.54, 1.807) is 18.2 Å². The summed E-state index contributed by atoms with van der Waals surface area (Å²) in [4.78, 5) is 12.6. The van der Waals surface area contributed by atoms with E-state index in [4.69, 9.17) is 21.1 Å². The fourth-order valence-electron chi connectivity index (χ4n) is 2.43. The third-order valence-electron chi connectivity index (χ3n) is 3.23. The Balaban J connectivity index is 2.87. The molecule has 1 amide bonds. The second-order valence-electron chi connectivity index (χ2n) is 5.79. The predicted octanol–water partition coefficient (Wildman–Crippen LogP) is 4.52. The van der Waals surface area contributed by atoms with Crippen LogP contribution in [0.25, 0.3) is 0 Å². The Kier molecular flexibility index (Phi) is 7.17. The van der Waals surface area contributed by atoms with Gasteiger partial charge in [-0.1, -0.05) is 25.4 Å². The van der Waals surface area contributed by atoms with Crippen molar-refractivity contribution in [2.45, 2.75) is 46.6 Å². The molecule has 0 aromatic heterocycles. The van der Waals surface area contributed by atoms with Crippen LogP contribution >= 0.6 is 11.6 Å². The van der Waals surface area contributed by atoms with Crippen LogP contribution in [0.1, 0.15) is 41.0 Å². The fraction of sp³-hybridized carbons (Fsp3) is 0.588. The molecule has 0 aliphatic heterocycles. The number of hydrogen-bond acceptors (Lipinski definition) is 3. The summed E-state index contributed by atoms with van der Waals surface area (Å²) < 4.78 is 11.1. The molecule has 0 unspecified atom stereocenters. The molecular formula is C17H26ClNO3. The topological polar surface area (TPSA) is 47.6 Å². The third-order valence-corrected chi connectivity index (χ3v) is 3.53. The first-order valence-electron chi connectivity index (χ1n) is 7.70. The Bertz CT molecular complexity index is 505. The fourth-order valence-corrected chi connectivity index (χ4v) is 2.66. The summed E-state index contributed by atoms with van der Waals surface area (Å²) >= 11 is 6.14. The largest absolute Gasteiger partial charge is 0.492 e. The minimum atomic E-state index is -0.853. The first kappa shape index (κ1) is 18.8. The SMILES string of the molecule is CCOc1ccc(NC(=O)[C@@](C)(CC(C)C)OCC)cc1Cl. The van der Waals surface area contributed by atoms with E-state index in [0.717, 1.165) is 0 Å². The first-order valence-corrected chi connectivity index (χ1v) is 8.08. The standard InChI is InChI=1S/C17H26ClNO3/c1-6-21-15-9-8-13(10-14(15)18)19-16(20)17(5,22-7-2)11-12(3)4/h8-10,12H,6-7,11H2,1-5H3,(H,19,20)/t17-/m1/s1. The first-order chi connectivity index (χ1) is 10.3. The van der Waals surface area contributed by atoms with Crippen molar-refractivity contribution < 1.29 is 14.3 Å². The lowest BCUT2D eigenvalue weighted by atomic mass is 9.93. The molecule has 0 heterocycles. The molecule has 1 aromatic carbocycles. The van der Waals surface area contributed by atoms with E-state index in [9.17, 15) is 4.79 Å². The Morgan fingerprint density at radius 2 is 2.00 bits per heavy atom. The quantitative estimate of drug-likeness (QED) is 0.763. The van der Waals surface area contributed by atoms with Gasteiger partial charge in [0.1, 0.15) is 11.4 Å². The lowest BCUT2D eigenvalue weighted by molar-refractivity contribution is -0.140. The molecule has 1 N–H and O–H groups in total. The minimum Gasteiger partial charge on any atom is -0.492 e. The van der Waals surface area contributed by atoms with Gasteiger partial charge < -0.3 is 14.8 Å². The van der Waals surface area contributed by atoms with Gasteiger partial charge in [0, 0.05) is 12.3 Å². The van der Waals surface area contributed by atoms with E-state index in [1.807, 2.05) is 20.8 Å². The Morgan fingerprint density at radius 1 is 1.32 bits per heavy atom. The van der Waals surface area contributed by atoms with Gasteiger partial charge in [-0.2, -0.15) is 0 Å². The lowest BCUT2D eigenvalue weighted by Gasteiger charge is -2.30. The Labute approximate surface area is 138 Å². The summed E-state index contributed by atoms with van der Waals surface area (Å²) in [5, 5.41) is 3.35. The van der Waals surface area contributed by atoms with Gasteiger partial charge in [0.2, 0.25) is 0 Å². The molecule has 0 saturated carbocycles. The molecule has 1 atom stereocenters. The number of nitrogens with one attached hydrogen (secondary N) is 1. The highest BCUT2D eigenvalue weighted by Crippen LogP contribution is 2.29. The summed E-state index contributed by atoms with van der Waals surface area (Å²) in [6, 6.07) is 5.21. The number of anilines is 1. The molecule has 0 bridgehead atoms. The van der Waals surface area contributed by atoms with Gasteiger partial charge in [0.25, 0.3) is 5.91 Å². The second-order valence-corrected chi connectivity index (χ2v) is 6.20. The van der Waals surface area contributed by atoms with Crippen LogP contribution in [0.4, 0.5) is 5.69 Å². The van der Waals surface area contributed by atoms with Crippen molar-refractivity contribution in [1.82, 2.24) is 0 Å². The molecule has 22 heavy (non-hydrogen) atoms. The lowest BCUT2D eigenvalue weighted by Crippen LogP contribution is -2.43. The third kappa shape index (κ3) is 5.18. The van der Waals surface area contributed by atoms with Crippen LogP contribution in [-0.2, 0) is 9.53 Å². The number of amides is 1. The molecule has 5 heteroatoms. The maximum atomic E-state index is 12.6. The van der Waals surface area contributed by atoms with E-state index >= 15 is 0 Å². The minimum absolute atomic E-state index is 0.164. The van der Waals surface area contributed by atoms with Crippen molar-refractivity contribution in [3.05, 3.63) is 23.2 Å². The monoisotopic (exact) mass is 327 g/mol. The average molecular weight is 328 g/mol. The maximum Gasteiger partial charge on any atom is 0.256 e. The van der Waals surface area contributed by atoms with E-state index in [2.05, 4.69) is 19.2 Å². The molecule has 0 aliphatic carbocycles. The number of halogens is 1. The van der Waals surface area contributed by atoms with Crippen LogP contribution in [0.15, 0.2) is 18.2 Å². The van der Waals surface area contributed by atoms with E-state index in [-0.39, 0.29) is 5.91 Å². The van der Waals surface area contributed by atoms with Crippen molar-refractivity contribution in [2.75, 3.05) is 18.5 Å². The maximum absolute atomic E-state index is 12.6. The average Bonchev–Trinajstić information content (AvgIpc) is 2.41. The van der Waals surface area contributed by atoms with Crippen molar-refractivity contribution >= 4 is 23.2 Å². The van der Waals surface area contributed by atoms with Gasteiger partial charge in [-0.3, -0.25) is 4.79 Å². The Hall–Kier alpha value is -1.26. The number of rotatable bonds is 8. The molecule has 0 fully saturated rings. The highest BCUT2D eigenvalue weighted by atomic mass is 35.5. The second kappa shape index (κ2) is 8.39. The van der Waals surface area contributed by atoms with Crippen molar-refractivity contribution in [3.8, 4) is 5.75 Å².